The number of hydrogen-bond acceptors (Lipinski definition) is 4. The molecule has 0 atom stereocenters. The van der Waals surface area contributed by atoms with E-state index < -0.39 is 10.0 Å². The summed E-state index contributed by atoms with van der Waals surface area (Å²) in [5.41, 5.74) is 6.05. The second-order valence-electron chi connectivity index (χ2n) is 4.51. The average molecular weight is 354 g/mol. The molecule has 0 aliphatic heterocycles. The molecule has 3 N–H and O–H groups in total. The molecule has 1 rings (SSSR count). The Bertz CT molecular complexity index is 575. The predicted molar refractivity (Wildman–Crippen MR) is 87.3 cm³/mol. The molecule has 0 bridgehead atoms. The van der Waals surface area contributed by atoms with Gasteiger partial charge in [0.15, 0.2) is 0 Å². The maximum absolute atomic E-state index is 12.3. The summed E-state index contributed by atoms with van der Waals surface area (Å²) in [5.74, 6) is 0. The van der Waals surface area contributed by atoms with Crippen LogP contribution in [0.25, 0.3) is 0 Å². The first-order chi connectivity index (χ1) is 9.85. The molecule has 0 aromatic heterocycles. The lowest BCUT2D eigenvalue weighted by Crippen LogP contribution is -2.35. The van der Waals surface area contributed by atoms with Crippen LogP contribution in [-0.4, -0.2) is 39.5 Å². The number of hydrogen-bond donors (Lipinski definition) is 2. The van der Waals surface area contributed by atoms with E-state index in [9.17, 15) is 8.42 Å². The summed E-state index contributed by atoms with van der Waals surface area (Å²) < 4.78 is 27.2. The Labute approximate surface area is 136 Å². The fourth-order valence-electron chi connectivity index (χ4n) is 1.92. The number of likely N-dealkylation sites (N-methyl/N-ethyl adjacent to an activating group) is 1. The number of halogens is 2. The van der Waals surface area contributed by atoms with Crippen LogP contribution >= 0.6 is 23.2 Å². The van der Waals surface area contributed by atoms with E-state index in [1.54, 1.807) is 6.07 Å². The van der Waals surface area contributed by atoms with Crippen LogP contribution in [0.1, 0.15) is 19.4 Å². The second-order valence-corrected chi connectivity index (χ2v) is 7.06. The van der Waals surface area contributed by atoms with Crippen LogP contribution in [0.15, 0.2) is 17.0 Å². The molecule has 0 fully saturated rings. The number of benzene rings is 1. The maximum Gasteiger partial charge on any atom is 0.242 e. The normalized spacial score (nSPS) is 12.1. The minimum absolute atomic E-state index is 0.0309. The second kappa shape index (κ2) is 8.31. The highest BCUT2D eigenvalue weighted by molar-refractivity contribution is 7.89. The Morgan fingerprint density at radius 3 is 2.38 bits per heavy atom. The van der Waals surface area contributed by atoms with Crippen molar-refractivity contribution in [2.24, 2.45) is 5.73 Å². The van der Waals surface area contributed by atoms with Gasteiger partial charge >= 0.3 is 0 Å². The number of sulfonamides is 1. The molecule has 0 radical (unpaired) electrons. The molecule has 0 amide bonds. The van der Waals surface area contributed by atoms with Crippen LogP contribution in [0, 0.1) is 0 Å². The van der Waals surface area contributed by atoms with Crippen LogP contribution in [0.5, 0.6) is 0 Å². The molecule has 0 saturated heterocycles. The summed E-state index contributed by atoms with van der Waals surface area (Å²) in [4.78, 5) is 2.09. The zero-order chi connectivity index (χ0) is 16.0. The molecule has 0 aliphatic carbocycles. The Hall–Kier alpha value is -0.370. The molecule has 21 heavy (non-hydrogen) atoms. The van der Waals surface area contributed by atoms with Crippen molar-refractivity contribution in [3.8, 4) is 0 Å². The molecule has 5 nitrogen and oxygen atoms in total. The van der Waals surface area contributed by atoms with Crippen molar-refractivity contribution in [1.82, 2.24) is 9.62 Å². The van der Waals surface area contributed by atoms with E-state index in [4.69, 9.17) is 28.9 Å². The molecule has 8 heteroatoms. The van der Waals surface area contributed by atoms with Gasteiger partial charge in [-0.2, -0.15) is 0 Å². The molecular weight excluding hydrogens is 333 g/mol. The van der Waals surface area contributed by atoms with Gasteiger partial charge in [-0.3, -0.25) is 0 Å². The van der Waals surface area contributed by atoms with Crippen LogP contribution < -0.4 is 10.5 Å². The summed E-state index contributed by atoms with van der Waals surface area (Å²) in [6.07, 6.45) is 0. The van der Waals surface area contributed by atoms with E-state index in [0.717, 1.165) is 13.1 Å². The lowest BCUT2D eigenvalue weighted by molar-refractivity contribution is 0.309. The topological polar surface area (TPSA) is 75.4 Å². The van der Waals surface area contributed by atoms with Crippen molar-refractivity contribution in [3.63, 3.8) is 0 Å². The minimum Gasteiger partial charge on any atom is -0.326 e. The number of rotatable bonds is 8. The van der Waals surface area contributed by atoms with Gasteiger partial charge in [-0.15, -0.1) is 0 Å². The third-order valence-electron chi connectivity index (χ3n) is 3.20. The first-order valence-electron chi connectivity index (χ1n) is 6.75. The Morgan fingerprint density at radius 1 is 1.24 bits per heavy atom. The van der Waals surface area contributed by atoms with Gasteiger partial charge in [0.05, 0.1) is 5.02 Å². The quantitative estimate of drug-likeness (QED) is 0.749. The van der Waals surface area contributed by atoms with Gasteiger partial charge in [0, 0.05) is 24.7 Å². The van der Waals surface area contributed by atoms with Crippen LogP contribution in [-0.2, 0) is 16.6 Å². The van der Waals surface area contributed by atoms with Gasteiger partial charge in [0.2, 0.25) is 10.0 Å². The fourth-order valence-corrected chi connectivity index (χ4v) is 3.88. The Morgan fingerprint density at radius 2 is 1.86 bits per heavy atom. The summed E-state index contributed by atoms with van der Waals surface area (Å²) in [6.45, 7) is 6.86. The highest BCUT2D eigenvalue weighted by Crippen LogP contribution is 2.29. The zero-order valence-corrected chi connectivity index (χ0v) is 14.5. The summed E-state index contributed by atoms with van der Waals surface area (Å²) in [6, 6.07) is 2.90. The van der Waals surface area contributed by atoms with Crippen molar-refractivity contribution < 1.29 is 8.42 Å². The highest BCUT2D eigenvalue weighted by atomic mass is 35.5. The molecule has 0 saturated carbocycles. The van der Waals surface area contributed by atoms with Gasteiger partial charge in [0.25, 0.3) is 0 Å². The monoisotopic (exact) mass is 353 g/mol. The average Bonchev–Trinajstić information content (AvgIpc) is 2.45. The first kappa shape index (κ1) is 18.7. The smallest absolute Gasteiger partial charge is 0.242 e. The van der Waals surface area contributed by atoms with Crippen LogP contribution in [0.3, 0.4) is 0 Å². The van der Waals surface area contributed by atoms with Gasteiger partial charge in [0.1, 0.15) is 4.90 Å². The summed E-state index contributed by atoms with van der Waals surface area (Å²) in [7, 11) is -3.71. The van der Waals surface area contributed by atoms with Crippen LogP contribution in [0.4, 0.5) is 0 Å². The van der Waals surface area contributed by atoms with Crippen molar-refractivity contribution in [1.29, 1.82) is 0 Å². The lowest BCUT2D eigenvalue weighted by atomic mass is 10.2. The fraction of sp³-hybridized carbons (Fsp3) is 0.538. The van der Waals surface area contributed by atoms with E-state index >= 15 is 0 Å². The van der Waals surface area contributed by atoms with E-state index in [1.165, 1.54) is 6.07 Å². The van der Waals surface area contributed by atoms with Crippen molar-refractivity contribution in [3.05, 3.63) is 27.7 Å². The molecule has 1 aromatic rings. The SMILES string of the molecule is CCN(CC)CCNS(=O)(=O)c1cc(Cl)cc(CN)c1Cl. The van der Waals surface area contributed by atoms with Gasteiger partial charge in [-0.05, 0) is 30.8 Å². The van der Waals surface area contributed by atoms with Crippen LogP contribution in [0.2, 0.25) is 10.0 Å². The van der Waals surface area contributed by atoms with E-state index in [0.29, 0.717) is 23.7 Å². The standard InChI is InChI=1S/C13H21Cl2N3O2S/c1-3-18(4-2)6-5-17-21(19,20)12-8-11(14)7-10(9-16)13(12)15/h7-8,17H,3-6,9,16H2,1-2H3. The molecule has 0 unspecified atom stereocenters. The van der Waals surface area contributed by atoms with E-state index in [2.05, 4.69) is 9.62 Å². The molecule has 120 valence electrons. The van der Waals surface area contributed by atoms with Gasteiger partial charge in [-0.25, -0.2) is 13.1 Å². The van der Waals surface area contributed by atoms with Gasteiger partial charge in [-0.1, -0.05) is 37.0 Å². The van der Waals surface area contributed by atoms with Crippen molar-refractivity contribution in [2.45, 2.75) is 25.3 Å². The summed E-state index contributed by atoms with van der Waals surface area (Å²) in [5, 5.41) is 0.418. The zero-order valence-electron chi connectivity index (χ0n) is 12.2. The molecule has 1 aromatic carbocycles. The maximum atomic E-state index is 12.3. The Balaban J connectivity index is 2.91. The predicted octanol–water partition coefficient (Wildman–Crippen LogP) is 2.07. The number of nitrogens with one attached hydrogen (secondary N) is 1. The first-order valence-corrected chi connectivity index (χ1v) is 8.99. The number of nitrogens with zero attached hydrogens (tertiary/aromatic N) is 1. The third-order valence-corrected chi connectivity index (χ3v) is 5.47. The molecular formula is C13H21Cl2N3O2S. The van der Waals surface area contributed by atoms with E-state index in [1.807, 2.05) is 13.8 Å². The molecule has 0 heterocycles. The minimum atomic E-state index is -3.71. The number of nitrogens with two attached hydrogens (primary N) is 1. The molecule has 0 aliphatic rings. The largest absolute Gasteiger partial charge is 0.326 e. The summed E-state index contributed by atoms with van der Waals surface area (Å²) >= 11 is 12.0. The van der Waals surface area contributed by atoms with Crippen molar-refractivity contribution in [2.75, 3.05) is 26.2 Å². The van der Waals surface area contributed by atoms with Gasteiger partial charge < -0.3 is 10.6 Å². The Kier molecular flexibility index (Phi) is 7.39. The molecule has 0 spiro atoms. The third kappa shape index (κ3) is 5.09. The van der Waals surface area contributed by atoms with E-state index in [-0.39, 0.29) is 16.5 Å². The highest BCUT2D eigenvalue weighted by Gasteiger charge is 2.20. The van der Waals surface area contributed by atoms with Crippen molar-refractivity contribution >= 4 is 33.2 Å². The lowest BCUT2D eigenvalue weighted by Gasteiger charge is -2.18.